The van der Waals surface area contributed by atoms with Crippen LogP contribution in [-0.4, -0.2) is 10.8 Å². The van der Waals surface area contributed by atoms with Gasteiger partial charge in [0.25, 0.3) is 5.69 Å². The highest BCUT2D eigenvalue weighted by molar-refractivity contribution is 5.91. The monoisotopic (exact) mass is 302 g/mol. The minimum atomic E-state index is -0.702. The molecule has 0 aliphatic carbocycles. The lowest BCUT2D eigenvalue weighted by atomic mass is 9.97. The Morgan fingerprint density at radius 3 is 2.59 bits per heavy atom. The van der Waals surface area contributed by atoms with Gasteiger partial charge in [-0.2, -0.15) is 0 Å². The molecule has 0 bridgehead atoms. The number of benzene rings is 2. The minimum Gasteiger partial charge on any atom is -0.323 e. The Morgan fingerprint density at radius 1 is 1.27 bits per heavy atom. The maximum Gasteiger partial charge on any atom is 0.271 e. The summed E-state index contributed by atoms with van der Waals surface area (Å²) >= 11 is 0. The van der Waals surface area contributed by atoms with E-state index in [0.717, 1.165) is 23.8 Å². The van der Waals surface area contributed by atoms with Crippen LogP contribution >= 0.6 is 0 Å². The van der Waals surface area contributed by atoms with Crippen LogP contribution in [0.4, 0.5) is 15.8 Å². The van der Waals surface area contributed by atoms with Gasteiger partial charge in [0.2, 0.25) is 5.91 Å². The minimum absolute atomic E-state index is 0.0389. The van der Waals surface area contributed by atoms with Crippen molar-refractivity contribution in [2.45, 2.75) is 19.3 Å². The highest BCUT2D eigenvalue weighted by atomic mass is 19.1. The number of nitrogens with one attached hydrogen (secondary N) is 1. The number of halogens is 1. The Morgan fingerprint density at radius 2 is 1.95 bits per heavy atom. The molecule has 22 heavy (non-hydrogen) atoms. The number of rotatable bonds is 5. The number of hydrogen-bond donors (Lipinski definition) is 1. The normalized spacial score (nSPS) is 11.7. The number of amides is 1. The molecule has 0 spiro atoms. The van der Waals surface area contributed by atoms with Gasteiger partial charge in [-0.25, -0.2) is 4.39 Å². The fourth-order valence-corrected chi connectivity index (χ4v) is 2.10. The van der Waals surface area contributed by atoms with Gasteiger partial charge in [-0.05, 0) is 17.5 Å². The number of hydrogen-bond acceptors (Lipinski definition) is 3. The topological polar surface area (TPSA) is 72.2 Å². The molecule has 0 saturated heterocycles. The molecule has 1 amide bonds. The maximum atomic E-state index is 13.6. The van der Waals surface area contributed by atoms with Crippen molar-refractivity contribution in [3.63, 3.8) is 0 Å². The summed E-state index contributed by atoms with van der Waals surface area (Å²) in [5.74, 6) is -1.13. The molecule has 1 atom stereocenters. The molecule has 0 fully saturated rings. The summed E-state index contributed by atoms with van der Waals surface area (Å²) in [5, 5.41) is 13.1. The first-order chi connectivity index (χ1) is 10.5. The second kappa shape index (κ2) is 6.80. The summed E-state index contributed by atoms with van der Waals surface area (Å²) < 4.78 is 13.6. The van der Waals surface area contributed by atoms with E-state index in [1.165, 1.54) is 0 Å². The van der Waals surface area contributed by atoms with Crippen LogP contribution in [0.3, 0.4) is 0 Å². The van der Waals surface area contributed by atoms with Crippen LogP contribution in [0.25, 0.3) is 0 Å². The van der Waals surface area contributed by atoms with E-state index >= 15 is 0 Å². The first kappa shape index (κ1) is 15.6. The van der Waals surface area contributed by atoms with Crippen molar-refractivity contribution in [3.8, 4) is 0 Å². The molecule has 0 aliphatic rings. The molecular formula is C16H15FN2O3. The first-order valence-corrected chi connectivity index (χ1v) is 6.76. The number of carbonyl (C=O) groups is 1. The van der Waals surface area contributed by atoms with Gasteiger partial charge in [-0.15, -0.1) is 0 Å². The zero-order valence-corrected chi connectivity index (χ0v) is 12.0. The summed E-state index contributed by atoms with van der Waals surface area (Å²) in [6.07, 6.45) is 0.159. The lowest BCUT2D eigenvalue weighted by Gasteiger charge is -2.12. The molecular weight excluding hydrogens is 287 g/mol. The van der Waals surface area contributed by atoms with Crippen molar-refractivity contribution in [2.24, 2.45) is 0 Å². The van der Waals surface area contributed by atoms with Gasteiger partial charge in [-0.1, -0.05) is 37.3 Å². The standard InChI is InChI=1S/C16H15FN2O3/c1-11(12-5-3-2-4-6-12)9-16(20)18-15-10-13(19(21)22)7-8-14(15)17/h2-8,10-11H,9H2,1H3,(H,18,20)/t11-/m1/s1. The molecule has 0 heterocycles. The quantitative estimate of drug-likeness (QED) is 0.673. The van der Waals surface area contributed by atoms with Crippen LogP contribution in [0, 0.1) is 15.9 Å². The number of nitro benzene ring substituents is 1. The van der Waals surface area contributed by atoms with Crippen molar-refractivity contribution >= 4 is 17.3 Å². The molecule has 2 aromatic rings. The van der Waals surface area contributed by atoms with Gasteiger partial charge in [0, 0.05) is 18.6 Å². The van der Waals surface area contributed by atoms with Crippen LogP contribution in [-0.2, 0) is 4.79 Å². The van der Waals surface area contributed by atoms with Crippen LogP contribution in [0.5, 0.6) is 0 Å². The predicted molar refractivity (Wildman–Crippen MR) is 81.2 cm³/mol. The van der Waals surface area contributed by atoms with Crippen molar-refractivity contribution in [3.05, 3.63) is 70.0 Å². The molecule has 0 saturated carbocycles. The third-order valence-corrected chi connectivity index (χ3v) is 3.30. The Labute approximate surface area is 126 Å². The van der Waals surface area contributed by atoms with E-state index in [9.17, 15) is 19.3 Å². The molecule has 0 aromatic heterocycles. The van der Waals surface area contributed by atoms with Crippen molar-refractivity contribution in [2.75, 3.05) is 5.32 Å². The number of carbonyl (C=O) groups excluding carboxylic acids is 1. The molecule has 114 valence electrons. The Kier molecular flexibility index (Phi) is 4.83. The summed E-state index contributed by atoms with van der Waals surface area (Å²) in [5.41, 5.74) is 0.546. The van der Waals surface area contributed by atoms with Crippen molar-refractivity contribution in [1.82, 2.24) is 0 Å². The average Bonchev–Trinajstić information content (AvgIpc) is 2.50. The fraction of sp³-hybridized carbons (Fsp3) is 0.188. The van der Waals surface area contributed by atoms with Crippen LogP contribution in [0.2, 0.25) is 0 Å². The highest BCUT2D eigenvalue weighted by Crippen LogP contribution is 2.23. The lowest BCUT2D eigenvalue weighted by Crippen LogP contribution is -2.15. The Balaban J connectivity index is 2.06. The average molecular weight is 302 g/mol. The van der Waals surface area contributed by atoms with Gasteiger partial charge in [0.15, 0.2) is 0 Å². The molecule has 0 unspecified atom stereocenters. The van der Waals surface area contributed by atoms with E-state index in [2.05, 4.69) is 5.32 Å². The van der Waals surface area contributed by atoms with Gasteiger partial charge in [-0.3, -0.25) is 14.9 Å². The second-order valence-electron chi connectivity index (χ2n) is 4.99. The zero-order valence-electron chi connectivity index (χ0n) is 12.0. The molecule has 2 aromatic carbocycles. The molecule has 0 radical (unpaired) electrons. The van der Waals surface area contributed by atoms with Crippen molar-refractivity contribution in [1.29, 1.82) is 0 Å². The van der Waals surface area contributed by atoms with E-state index in [1.807, 2.05) is 37.3 Å². The molecule has 0 aliphatic heterocycles. The van der Waals surface area contributed by atoms with Crippen molar-refractivity contribution < 1.29 is 14.1 Å². The number of nitro groups is 1. The third-order valence-electron chi connectivity index (χ3n) is 3.30. The summed E-state index contributed by atoms with van der Waals surface area (Å²) in [4.78, 5) is 22.0. The fourth-order valence-electron chi connectivity index (χ4n) is 2.10. The maximum absolute atomic E-state index is 13.6. The number of nitrogens with zero attached hydrogens (tertiary/aromatic N) is 1. The lowest BCUT2D eigenvalue weighted by molar-refractivity contribution is -0.384. The SMILES string of the molecule is C[C@H](CC(=O)Nc1cc([N+](=O)[O-])ccc1F)c1ccccc1. The Bertz CT molecular complexity index is 689. The summed E-state index contributed by atoms with van der Waals surface area (Å²) in [6.45, 7) is 1.89. The zero-order chi connectivity index (χ0) is 16.1. The smallest absolute Gasteiger partial charge is 0.271 e. The van der Waals surface area contributed by atoms with Crippen LogP contribution in [0.1, 0.15) is 24.8 Å². The molecule has 1 N–H and O–H groups in total. The van der Waals surface area contributed by atoms with Gasteiger partial charge in [0.1, 0.15) is 5.82 Å². The van der Waals surface area contributed by atoms with Gasteiger partial charge in [0.05, 0.1) is 10.6 Å². The van der Waals surface area contributed by atoms with E-state index < -0.39 is 16.6 Å². The van der Waals surface area contributed by atoms with E-state index in [-0.39, 0.29) is 23.7 Å². The molecule has 2 rings (SSSR count). The highest BCUT2D eigenvalue weighted by Gasteiger charge is 2.15. The molecule has 5 nitrogen and oxygen atoms in total. The second-order valence-corrected chi connectivity index (χ2v) is 4.99. The number of anilines is 1. The van der Waals surface area contributed by atoms with Gasteiger partial charge >= 0.3 is 0 Å². The van der Waals surface area contributed by atoms with E-state index in [1.54, 1.807) is 0 Å². The summed E-state index contributed by atoms with van der Waals surface area (Å²) in [6, 6.07) is 12.5. The largest absolute Gasteiger partial charge is 0.323 e. The van der Waals surface area contributed by atoms with Gasteiger partial charge < -0.3 is 5.32 Å². The molecule has 6 heteroatoms. The van der Waals surface area contributed by atoms with Crippen LogP contribution < -0.4 is 5.32 Å². The number of non-ortho nitro benzene ring substituents is 1. The third kappa shape index (κ3) is 3.88. The first-order valence-electron chi connectivity index (χ1n) is 6.76. The van der Waals surface area contributed by atoms with E-state index in [0.29, 0.717) is 0 Å². The Hall–Kier alpha value is -2.76. The summed E-state index contributed by atoms with van der Waals surface area (Å²) in [7, 11) is 0. The predicted octanol–water partition coefficient (Wildman–Crippen LogP) is 3.87. The van der Waals surface area contributed by atoms with E-state index in [4.69, 9.17) is 0 Å². The van der Waals surface area contributed by atoms with Crippen LogP contribution in [0.15, 0.2) is 48.5 Å².